The summed E-state index contributed by atoms with van der Waals surface area (Å²) < 4.78 is 7.06. The summed E-state index contributed by atoms with van der Waals surface area (Å²) >= 11 is 0. The Balaban J connectivity index is 1.34. The molecular formula is C24H30N6O2. The van der Waals surface area contributed by atoms with Crippen molar-refractivity contribution in [3.8, 4) is 11.3 Å². The van der Waals surface area contributed by atoms with Crippen LogP contribution in [0.4, 0.5) is 10.5 Å². The Kier molecular flexibility index (Phi) is 5.94. The molecule has 0 unspecified atom stereocenters. The van der Waals surface area contributed by atoms with Gasteiger partial charge in [0.15, 0.2) is 0 Å². The molecule has 32 heavy (non-hydrogen) atoms. The van der Waals surface area contributed by atoms with Crippen LogP contribution in [0.3, 0.4) is 0 Å². The molecular weight excluding hydrogens is 404 g/mol. The number of aromatic nitrogens is 3. The van der Waals surface area contributed by atoms with Gasteiger partial charge < -0.3 is 19.9 Å². The highest BCUT2D eigenvalue weighted by molar-refractivity contribution is 5.79. The van der Waals surface area contributed by atoms with Crippen molar-refractivity contribution < 1.29 is 9.53 Å². The molecule has 0 spiro atoms. The molecule has 2 aliphatic heterocycles. The Morgan fingerprint density at radius 3 is 2.81 bits per heavy atom. The molecule has 0 saturated carbocycles. The van der Waals surface area contributed by atoms with Crippen molar-refractivity contribution in [2.75, 3.05) is 50.8 Å². The van der Waals surface area contributed by atoms with Crippen LogP contribution in [0, 0.1) is 0 Å². The first-order valence-corrected chi connectivity index (χ1v) is 11.5. The van der Waals surface area contributed by atoms with Gasteiger partial charge in [0.1, 0.15) is 0 Å². The first-order chi connectivity index (χ1) is 15.7. The fourth-order valence-electron chi connectivity index (χ4n) is 4.71. The van der Waals surface area contributed by atoms with Gasteiger partial charge in [-0.05, 0) is 56.0 Å². The zero-order chi connectivity index (χ0) is 21.9. The number of amides is 1. The van der Waals surface area contributed by atoms with E-state index in [-0.39, 0.29) is 6.09 Å². The molecule has 8 heteroatoms. The lowest BCUT2D eigenvalue weighted by molar-refractivity contribution is 0.105. The van der Waals surface area contributed by atoms with E-state index in [2.05, 4.69) is 33.5 Å². The molecule has 1 amide bonds. The number of piperidine rings is 1. The summed E-state index contributed by atoms with van der Waals surface area (Å²) in [6, 6.07) is 8.54. The minimum Gasteiger partial charge on any atom is -0.450 e. The highest BCUT2D eigenvalue weighted by atomic mass is 16.6. The maximum Gasteiger partial charge on any atom is 0.409 e. The second-order valence-electron chi connectivity index (χ2n) is 8.47. The summed E-state index contributed by atoms with van der Waals surface area (Å²) in [5, 5.41) is 7.99. The summed E-state index contributed by atoms with van der Waals surface area (Å²) in [5.41, 5.74) is 5.50. The fraction of sp³-hybridized carbons (Fsp3) is 0.458. The third-order valence-corrected chi connectivity index (χ3v) is 6.48. The number of ether oxygens (including phenoxy) is 1. The summed E-state index contributed by atoms with van der Waals surface area (Å²) in [7, 11) is 0. The highest BCUT2D eigenvalue weighted by Gasteiger charge is 2.23. The van der Waals surface area contributed by atoms with Crippen molar-refractivity contribution in [2.45, 2.75) is 25.7 Å². The predicted octanol–water partition coefficient (Wildman–Crippen LogP) is 3.14. The highest BCUT2D eigenvalue weighted by Crippen LogP contribution is 2.29. The van der Waals surface area contributed by atoms with Gasteiger partial charge in [-0.25, -0.2) is 9.31 Å². The van der Waals surface area contributed by atoms with E-state index in [1.54, 1.807) is 4.90 Å². The van der Waals surface area contributed by atoms with E-state index in [1.165, 1.54) is 18.4 Å². The van der Waals surface area contributed by atoms with Crippen LogP contribution in [0.5, 0.6) is 0 Å². The van der Waals surface area contributed by atoms with Crippen LogP contribution in [-0.4, -0.2) is 71.5 Å². The molecule has 1 atom stereocenters. The molecule has 5 rings (SSSR count). The molecule has 1 N–H and O–H groups in total. The minimum absolute atomic E-state index is 0.226. The number of carbonyl (C=O) groups excluding carboxylic acids is 1. The van der Waals surface area contributed by atoms with Gasteiger partial charge in [0.2, 0.25) is 0 Å². The van der Waals surface area contributed by atoms with E-state index < -0.39 is 0 Å². The number of piperazine rings is 1. The summed E-state index contributed by atoms with van der Waals surface area (Å²) in [4.78, 5) is 20.8. The van der Waals surface area contributed by atoms with E-state index in [9.17, 15) is 4.79 Å². The van der Waals surface area contributed by atoms with Crippen molar-refractivity contribution in [1.29, 1.82) is 0 Å². The number of hydrogen-bond donors (Lipinski definition) is 1. The molecule has 0 radical (unpaired) electrons. The topological polar surface area (TPSA) is 75.0 Å². The lowest BCUT2D eigenvalue weighted by Crippen LogP contribution is -2.49. The maximum absolute atomic E-state index is 12.0. The third-order valence-electron chi connectivity index (χ3n) is 6.48. The number of fused-ring (bicyclic) bond motifs is 1. The van der Waals surface area contributed by atoms with Gasteiger partial charge in [0.05, 0.1) is 23.5 Å². The minimum atomic E-state index is -0.226. The molecule has 2 saturated heterocycles. The molecule has 0 bridgehead atoms. The Morgan fingerprint density at radius 1 is 1.22 bits per heavy atom. The monoisotopic (exact) mass is 434 g/mol. The summed E-state index contributed by atoms with van der Waals surface area (Å²) in [6.45, 7) is 7.23. The average molecular weight is 435 g/mol. The van der Waals surface area contributed by atoms with Gasteiger partial charge >= 0.3 is 6.09 Å². The van der Waals surface area contributed by atoms with E-state index in [4.69, 9.17) is 9.72 Å². The molecule has 0 aromatic carbocycles. The quantitative estimate of drug-likeness (QED) is 0.680. The van der Waals surface area contributed by atoms with Gasteiger partial charge in [-0.1, -0.05) is 6.07 Å². The first-order valence-electron chi connectivity index (χ1n) is 11.5. The maximum atomic E-state index is 12.0. The van der Waals surface area contributed by atoms with Crippen molar-refractivity contribution in [3.05, 3.63) is 48.4 Å². The van der Waals surface area contributed by atoms with Crippen LogP contribution in [0.1, 0.15) is 31.2 Å². The molecule has 0 aliphatic carbocycles. The van der Waals surface area contributed by atoms with Crippen LogP contribution in [0.25, 0.3) is 16.8 Å². The van der Waals surface area contributed by atoms with Crippen molar-refractivity contribution in [1.82, 2.24) is 24.8 Å². The fourth-order valence-corrected chi connectivity index (χ4v) is 4.71. The Labute approximate surface area is 188 Å². The van der Waals surface area contributed by atoms with Crippen LogP contribution in [0.2, 0.25) is 0 Å². The third kappa shape index (κ3) is 4.14. The van der Waals surface area contributed by atoms with E-state index in [0.717, 1.165) is 48.6 Å². The van der Waals surface area contributed by atoms with E-state index in [1.807, 2.05) is 36.1 Å². The smallest absolute Gasteiger partial charge is 0.409 e. The Morgan fingerprint density at radius 2 is 2.09 bits per heavy atom. The number of anilines is 1. The Hall–Kier alpha value is -3.13. The second kappa shape index (κ2) is 9.16. The zero-order valence-electron chi connectivity index (χ0n) is 18.5. The van der Waals surface area contributed by atoms with Crippen LogP contribution in [0.15, 0.2) is 42.9 Å². The second-order valence-corrected chi connectivity index (χ2v) is 8.47. The number of rotatable bonds is 4. The predicted molar refractivity (Wildman–Crippen MR) is 124 cm³/mol. The van der Waals surface area contributed by atoms with Gasteiger partial charge in [0, 0.05) is 56.9 Å². The van der Waals surface area contributed by atoms with Gasteiger partial charge in [-0.2, -0.15) is 5.10 Å². The number of nitrogens with zero attached hydrogens (tertiary/aromatic N) is 5. The zero-order valence-corrected chi connectivity index (χ0v) is 18.5. The molecule has 3 aromatic rings. The largest absolute Gasteiger partial charge is 0.450 e. The summed E-state index contributed by atoms with van der Waals surface area (Å²) in [6.07, 6.45) is 8.11. The first kappa shape index (κ1) is 20.8. The normalized spacial score (nSPS) is 19.3. The molecule has 2 fully saturated rings. The molecule has 168 valence electrons. The van der Waals surface area contributed by atoms with E-state index in [0.29, 0.717) is 25.6 Å². The van der Waals surface area contributed by atoms with Gasteiger partial charge in [0.25, 0.3) is 0 Å². The van der Waals surface area contributed by atoms with Gasteiger partial charge in [-0.15, -0.1) is 0 Å². The molecule has 2 aliphatic rings. The Bertz CT molecular complexity index is 1070. The van der Waals surface area contributed by atoms with Crippen LogP contribution >= 0.6 is 0 Å². The summed E-state index contributed by atoms with van der Waals surface area (Å²) in [5.74, 6) is 0.556. The molecule has 5 heterocycles. The number of nitrogens with one attached hydrogen (secondary N) is 1. The van der Waals surface area contributed by atoms with E-state index >= 15 is 0 Å². The number of carbonyl (C=O) groups is 1. The molecule has 8 nitrogen and oxygen atoms in total. The van der Waals surface area contributed by atoms with Crippen LogP contribution in [-0.2, 0) is 4.74 Å². The average Bonchev–Trinajstić information content (AvgIpc) is 3.30. The lowest BCUT2D eigenvalue weighted by Gasteiger charge is -2.35. The van der Waals surface area contributed by atoms with Crippen molar-refractivity contribution in [2.24, 2.45) is 0 Å². The lowest BCUT2D eigenvalue weighted by atomic mass is 9.92. The van der Waals surface area contributed by atoms with Crippen molar-refractivity contribution in [3.63, 3.8) is 0 Å². The van der Waals surface area contributed by atoms with Crippen molar-refractivity contribution >= 4 is 17.3 Å². The SMILES string of the molecule is CCOC(=O)N1CCN(c2ccnn3cc(-c4ccc([C@H]5CCCNC5)cn4)cc23)CC1. The molecule has 3 aromatic heterocycles. The van der Waals surface area contributed by atoms with Gasteiger partial charge in [-0.3, -0.25) is 4.98 Å². The number of pyridine rings is 1. The number of hydrogen-bond acceptors (Lipinski definition) is 6. The standard InChI is InChI=1S/C24H30N6O2/c1-2-32-24(31)29-12-10-28(11-13-29)22-7-9-27-30-17-20(14-23(22)30)21-6-5-19(16-26-21)18-4-3-8-25-15-18/h5-7,9,14,16-18,25H,2-4,8,10-13,15H2,1H3/t18-/m0/s1. The van der Waals surface area contributed by atoms with Crippen LogP contribution < -0.4 is 10.2 Å².